The van der Waals surface area contributed by atoms with Crippen molar-refractivity contribution >= 4 is 33.1 Å². The molecule has 152 valence electrons. The lowest BCUT2D eigenvalue weighted by Crippen LogP contribution is -2.36. The molecule has 4 rings (SSSR count). The van der Waals surface area contributed by atoms with E-state index >= 15 is 0 Å². The summed E-state index contributed by atoms with van der Waals surface area (Å²) >= 11 is 0. The maximum absolute atomic E-state index is 13.0. The molecule has 0 aliphatic carbocycles. The highest BCUT2D eigenvalue weighted by Gasteiger charge is 2.26. The third kappa shape index (κ3) is 3.46. The van der Waals surface area contributed by atoms with E-state index in [0.717, 1.165) is 0 Å². The molecular weight excluding hydrogens is 400 g/mol. The minimum atomic E-state index is -4.06. The average molecular weight is 418 g/mol. The molecular formula is C19H18N2O7S. The van der Waals surface area contributed by atoms with Crippen LogP contribution in [0.2, 0.25) is 0 Å². The SMILES string of the molecule is CC(=O)c1cc2c(cc1NS(=O)(=O)c1ccc3c(c1)N(C(C)=O)CCO3)OCO2. The molecule has 2 aliphatic heterocycles. The fourth-order valence-corrected chi connectivity index (χ4v) is 4.30. The summed E-state index contributed by atoms with van der Waals surface area (Å²) < 4.78 is 44.5. The number of ether oxygens (including phenoxy) is 3. The largest absolute Gasteiger partial charge is 0.490 e. The Hall–Kier alpha value is -3.27. The van der Waals surface area contributed by atoms with E-state index in [1.165, 1.54) is 49.1 Å². The number of carbonyl (C=O) groups is 2. The summed E-state index contributed by atoms with van der Waals surface area (Å²) in [4.78, 5) is 25.3. The molecule has 0 unspecified atom stereocenters. The van der Waals surface area contributed by atoms with Crippen LogP contribution in [0, 0.1) is 0 Å². The molecule has 0 saturated heterocycles. The number of hydrogen-bond acceptors (Lipinski definition) is 7. The lowest BCUT2D eigenvalue weighted by Gasteiger charge is -2.29. The highest BCUT2D eigenvalue weighted by Crippen LogP contribution is 2.39. The molecule has 0 aromatic heterocycles. The van der Waals surface area contributed by atoms with Crippen LogP contribution in [-0.2, 0) is 14.8 Å². The zero-order chi connectivity index (χ0) is 20.8. The quantitative estimate of drug-likeness (QED) is 0.758. The minimum Gasteiger partial charge on any atom is -0.490 e. The first-order valence-electron chi connectivity index (χ1n) is 8.78. The molecule has 2 aromatic rings. The van der Waals surface area contributed by atoms with Gasteiger partial charge in [0.15, 0.2) is 17.3 Å². The molecule has 29 heavy (non-hydrogen) atoms. The Morgan fingerprint density at radius 2 is 1.72 bits per heavy atom. The molecule has 0 radical (unpaired) electrons. The van der Waals surface area contributed by atoms with Crippen LogP contribution in [0.15, 0.2) is 35.2 Å². The van der Waals surface area contributed by atoms with Crippen LogP contribution < -0.4 is 23.8 Å². The van der Waals surface area contributed by atoms with E-state index in [1.807, 2.05) is 0 Å². The second kappa shape index (κ2) is 6.96. The van der Waals surface area contributed by atoms with E-state index in [0.29, 0.717) is 36.1 Å². The average Bonchev–Trinajstić information content (AvgIpc) is 3.13. The van der Waals surface area contributed by atoms with Crippen molar-refractivity contribution in [3.05, 3.63) is 35.9 Å². The monoisotopic (exact) mass is 418 g/mol. The van der Waals surface area contributed by atoms with Crippen LogP contribution in [-0.4, -0.2) is 40.1 Å². The van der Waals surface area contributed by atoms with Crippen LogP contribution in [0.5, 0.6) is 17.2 Å². The standard InChI is InChI=1S/C19H18N2O7S/c1-11(22)14-8-18-19(28-10-27-18)9-15(14)20-29(24,25)13-3-4-17-16(7-13)21(12(2)23)5-6-26-17/h3-4,7-9,20H,5-6,10H2,1-2H3. The lowest BCUT2D eigenvalue weighted by molar-refractivity contribution is -0.116. The molecule has 0 atom stereocenters. The van der Waals surface area contributed by atoms with Gasteiger partial charge < -0.3 is 19.1 Å². The van der Waals surface area contributed by atoms with Crippen LogP contribution in [0.4, 0.5) is 11.4 Å². The Morgan fingerprint density at radius 3 is 2.41 bits per heavy atom. The molecule has 10 heteroatoms. The van der Waals surface area contributed by atoms with Gasteiger partial charge in [-0.3, -0.25) is 14.3 Å². The van der Waals surface area contributed by atoms with E-state index < -0.39 is 10.0 Å². The Labute approximate surface area is 167 Å². The maximum atomic E-state index is 13.0. The van der Waals surface area contributed by atoms with Crippen LogP contribution in [0.3, 0.4) is 0 Å². The fourth-order valence-electron chi connectivity index (χ4n) is 3.21. The van der Waals surface area contributed by atoms with Crippen molar-refractivity contribution in [3.63, 3.8) is 0 Å². The number of amides is 1. The molecule has 9 nitrogen and oxygen atoms in total. The van der Waals surface area contributed by atoms with Gasteiger partial charge in [-0.2, -0.15) is 0 Å². The zero-order valence-corrected chi connectivity index (χ0v) is 16.5. The number of hydrogen-bond donors (Lipinski definition) is 1. The van der Waals surface area contributed by atoms with Gasteiger partial charge in [-0.15, -0.1) is 0 Å². The number of fused-ring (bicyclic) bond motifs is 2. The number of ketones is 1. The number of benzene rings is 2. The van der Waals surface area contributed by atoms with Gasteiger partial charge in [-0.05, 0) is 31.2 Å². The first-order chi connectivity index (χ1) is 13.8. The highest BCUT2D eigenvalue weighted by molar-refractivity contribution is 7.92. The number of nitrogens with zero attached hydrogens (tertiary/aromatic N) is 1. The number of sulfonamides is 1. The summed E-state index contributed by atoms with van der Waals surface area (Å²) in [7, 11) is -4.06. The Morgan fingerprint density at radius 1 is 1.00 bits per heavy atom. The summed E-state index contributed by atoms with van der Waals surface area (Å²) in [6, 6.07) is 7.12. The van der Waals surface area contributed by atoms with Gasteiger partial charge in [0.1, 0.15) is 12.4 Å². The van der Waals surface area contributed by atoms with Gasteiger partial charge >= 0.3 is 0 Å². The van der Waals surface area contributed by atoms with Gasteiger partial charge in [-0.1, -0.05) is 0 Å². The van der Waals surface area contributed by atoms with Gasteiger partial charge in [0.05, 0.1) is 22.8 Å². The second-order valence-corrected chi connectivity index (χ2v) is 8.24. The summed E-state index contributed by atoms with van der Waals surface area (Å²) in [5.41, 5.74) is 0.618. The predicted molar refractivity (Wildman–Crippen MR) is 103 cm³/mol. The van der Waals surface area contributed by atoms with E-state index in [9.17, 15) is 18.0 Å². The molecule has 0 saturated carbocycles. The summed E-state index contributed by atoms with van der Waals surface area (Å²) in [6.45, 7) is 3.39. The minimum absolute atomic E-state index is 0.00537. The smallest absolute Gasteiger partial charge is 0.261 e. The second-order valence-electron chi connectivity index (χ2n) is 6.56. The van der Waals surface area contributed by atoms with Crippen molar-refractivity contribution in [1.29, 1.82) is 0 Å². The molecule has 0 spiro atoms. The molecule has 0 fully saturated rings. The zero-order valence-electron chi connectivity index (χ0n) is 15.7. The summed E-state index contributed by atoms with van der Waals surface area (Å²) in [5.74, 6) is 0.600. The summed E-state index contributed by atoms with van der Waals surface area (Å²) in [5, 5.41) is 0. The number of carbonyl (C=O) groups excluding carboxylic acids is 2. The van der Waals surface area contributed by atoms with E-state index in [-0.39, 0.29) is 34.6 Å². The van der Waals surface area contributed by atoms with E-state index in [2.05, 4.69) is 4.72 Å². The Balaban J connectivity index is 1.73. The Bertz CT molecular complexity index is 1130. The first-order valence-corrected chi connectivity index (χ1v) is 10.3. The van der Waals surface area contributed by atoms with Crippen molar-refractivity contribution in [3.8, 4) is 17.2 Å². The van der Waals surface area contributed by atoms with E-state index in [4.69, 9.17) is 14.2 Å². The molecule has 1 amide bonds. The lowest BCUT2D eigenvalue weighted by atomic mass is 10.1. The number of anilines is 2. The number of Topliss-reactive ketones (excluding diaryl/α,β-unsaturated/α-hetero) is 1. The van der Waals surface area contributed by atoms with Crippen molar-refractivity contribution in [2.45, 2.75) is 18.7 Å². The van der Waals surface area contributed by atoms with Gasteiger partial charge in [0, 0.05) is 18.6 Å². The normalized spacial score (nSPS) is 14.8. The molecule has 1 N–H and O–H groups in total. The topological polar surface area (TPSA) is 111 Å². The third-order valence-corrected chi connectivity index (χ3v) is 5.98. The van der Waals surface area contributed by atoms with Crippen LogP contribution in [0.1, 0.15) is 24.2 Å². The van der Waals surface area contributed by atoms with Gasteiger partial charge in [0.25, 0.3) is 10.0 Å². The predicted octanol–water partition coefficient (Wildman–Crippen LogP) is 2.16. The van der Waals surface area contributed by atoms with Crippen molar-refractivity contribution in [1.82, 2.24) is 0 Å². The van der Waals surface area contributed by atoms with Gasteiger partial charge in [-0.25, -0.2) is 8.42 Å². The molecule has 2 heterocycles. The first kappa shape index (κ1) is 19.1. The van der Waals surface area contributed by atoms with Crippen molar-refractivity contribution in [2.24, 2.45) is 0 Å². The molecule has 2 aliphatic rings. The molecule has 0 bridgehead atoms. The third-order valence-electron chi connectivity index (χ3n) is 4.62. The van der Waals surface area contributed by atoms with Crippen molar-refractivity contribution in [2.75, 3.05) is 29.6 Å². The summed E-state index contributed by atoms with van der Waals surface area (Å²) in [6.07, 6.45) is 0. The van der Waals surface area contributed by atoms with Gasteiger partial charge in [0.2, 0.25) is 12.7 Å². The highest BCUT2D eigenvalue weighted by atomic mass is 32.2. The molecule has 2 aromatic carbocycles. The van der Waals surface area contributed by atoms with Crippen LogP contribution in [0.25, 0.3) is 0 Å². The van der Waals surface area contributed by atoms with Crippen molar-refractivity contribution < 1.29 is 32.2 Å². The number of rotatable bonds is 4. The Kier molecular flexibility index (Phi) is 4.58. The maximum Gasteiger partial charge on any atom is 0.261 e. The fraction of sp³-hybridized carbons (Fsp3) is 0.263. The number of nitrogens with one attached hydrogen (secondary N) is 1. The van der Waals surface area contributed by atoms with Crippen LogP contribution >= 0.6 is 0 Å². The van der Waals surface area contributed by atoms with E-state index in [1.54, 1.807) is 0 Å².